The van der Waals surface area contributed by atoms with Gasteiger partial charge in [-0.3, -0.25) is 4.79 Å². The van der Waals surface area contributed by atoms with Crippen LogP contribution in [0.4, 0.5) is 0 Å². The molecule has 5 heteroatoms. The van der Waals surface area contributed by atoms with Crippen molar-refractivity contribution in [2.75, 3.05) is 18.1 Å². The zero-order valence-electron chi connectivity index (χ0n) is 12.1. The first-order chi connectivity index (χ1) is 8.97. The van der Waals surface area contributed by atoms with Crippen LogP contribution in [0.2, 0.25) is 0 Å². The fourth-order valence-corrected chi connectivity index (χ4v) is 3.46. The van der Waals surface area contributed by atoms with E-state index in [9.17, 15) is 4.79 Å². The largest absolute Gasteiger partial charge is 0.378 e. The van der Waals surface area contributed by atoms with Gasteiger partial charge in [-0.05, 0) is 31.4 Å². The molecule has 1 fully saturated rings. The van der Waals surface area contributed by atoms with Crippen LogP contribution in [0.5, 0.6) is 0 Å². The minimum Gasteiger partial charge on any atom is -0.378 e. The van der Waals surface area contributed by atoms with Crippen LogP contribution in [-0.4, -0.2) is 35.7 Å². The summed E-state index contributed by atoms with van der Waals surface area (Å²) in [5.74, 6) is 2.15. The van der Waals surface area contributed by atoms with E-state index in [1.807, 2.05) is 6.92 Å². The van der Waals surface area contributed by atoms with Gasteiger partial charge in [-0.2, -0.15) is 17.0 Å². The zero-order valence-corrected chi connectivity index (χ0v) is 12.9. The summed E-state index contributed by atoms with van der Waals surface area (Å²) in [6.07, 6.45) is 2.25. The molecule has 0 aromatic heterocycles. The van der Waals surface area contributed by atoms with E-state index < -0.39 is 5.54 Å². The molecule has 4 nitrogen and oxygen atoms in total. The van der Waals surface area contributed by atoms with Gasteiger partial charge in [0.05, 0.1) is 25.2 Å². The van der Waals surface area contributed by atoms with Crippen LogP contribution in [0.1, 0.15) is 40.0 Å². The maximum atomic E-state index is 11.8. The highest BCUT2D eigenvalue weighted by molar-refractivity contribution is 7.99. The van der Waals surface area contributed by atoms with Gasteiger partial charge in [0.1, 0.15) is 5.54 Å². The van der Waals surface area contributed by atoms with E-state index in [1.165, 1.54) is 0 Å². The second kappa shape index (κ2) is 7.76. The third-order valence-electron chi connectivity index (χ3n) is 3.15. The first-order valence-corrected chi connectivity index (χ1v) is 8.04. The molecule has 0 aromatic carbocycles. The van der Waals surface area contributed by atoms with Gasteiger partial charge < -0.3 is 10.1 Å². The second-order valence-electron chi connectivity index (χ2n) is 5.61. The fraction of sp³-hybridized carbons (Fsp3) is 0.857. The van der Waals surface area contributed by atoms with Gasteiger partial charge in [0.2, 0.25) is 5.91 Å². The number of nitrogens with one attached hydrogen (secondary N) is 1. The maximum Gasteiger partial charge on any atom is 0.223 e. The maximum absolute atomic E-state index is 11.8. The molecule has 1 amide bonds. The lowest BCUT2D eigenvalue weighted by atomic mass is 10.0. The molecule has 0 bridgehead atoms. The smallest absolute Gasteiger partial charge is 0.223 e. The molecule has 2 unspecified atom stereocenters. The Morgan fingerprint density at radius 3 is 2.79 bits per heavy atom. The van der Waals surface area contributed by atoms with Crippen LogP contribution < -0.4 is 5.32 Å². The van der Waals surface area contributed by atoms with E-state index in [-0.39, 0.29) is 12.0 Å². The molecule has 1 rings (SSSR count). The van der Waals surface area contributed by atoms with Crippen molar-refractivity contribution >= 4 is 17.7 Å². The summed E-state index contributed by atoms with van der Waals surface area (Å²) in [5, 5.41) is 12.0. The molecular weight excluding hydrogens is 260 g/mol. The summed E-state index contributed by atoms with van der Waals surface area (Å²) in [5.41, 5.74) is -0.648. The Labute approximate surface area is 120 Å². The van der Waals surface area contributed by atoms with Crippen molar-refractivity contribution in [1.82, 2.24) is 5.32 Å². The number of rotatable bonds is 7. The number of nitriles is 1. The predicted octanol–water partition coefficient (Wildman–Crippen LogP) is 2.34. The third-order valence-corrected chi connectivity index (χ3v) is 4.34. The monoisotopic (exact) mass is 284 g/mol. The molecule has 1 aliphatic rings. The number of hydrogen-bond acceptors (Lipinski definition) is 4. The highest BCUT2D eigenvalue weighted by Crippen LogP contribution is 2.27. The third kappa shape index (κ3) is 5.84. The molecule has 1 saturated heterocycles. The second-order valence-corrected chi connectivity index (χ2v) is 6.71. The van der Waals surface area contributed by atoms with Crippen molar-refractivity contribution < 1.29 is 9.53 Å². The highest BCUT2D eigenvalue weighted by Gasteiger charge is 2.35. The van der Waals surface area contributed by atoms with E-state index >= 15 is 0 Å². The number of carbonyl (C=O) groups is 1. The van der Waals surface area contributed by atoms with Crippen LogP contribution in [0, 0.1) is 17.2 Å². The number of nitrogens with zero attached hydrogens (tertiary/aromatic N) is 1. The van der Waals surface area contributed by atoms with E-state index in [4.69, 9.17) is 10.00 Å². The molecule has 2 atom stereocenters. The summed E-state index contributed by atoms with van der Waals surface area (Å²) in [6.45, 7) is 6.76. The average molecular weight is 284 g/mol. The predicted molar refractivity (Wildman–Crippen MR) is 77.9 cm³/mol. The molecule has 1 aliphatic heterocycles. The van der Waals surface area contributed by atoms with E-state index in [2.05, 4.69) is 25.2 Å². The molecule has 0 aliphatic carbocycles. The van der Waals surface area contributed by atoms with Crippen LogP contribution in [0.25, 0.3) is 0 Å². The van der Waals surface area contributed by atoms with Crippen molar-refractivity contribution in [3.63, 3.8) is 0 Å². The average Bonchev–Trinajstić information content (AvgIpc) is 2.77. The molecule has 0 radical (unpaired) electrons. The van der Waals surface area contributed by atoms with E-state index in [0.29, 0.717) is 24.7 Å². The Hall–Kier alpha value is -0.730. The van der Waals surface area contributed by atoms with Gasteiger partial charge in [0, 0.05) is 5.75 Å². The number of ether oxygens (including phenoxy) is 1. The highest BCUT2D eigenvalue weighted by atomic mass is 32.2. The fourth-order valence-electron chi connectivity index (χ4n) is 2.19. The minimum absolute atomic E-state index is 0.0826. The van der Waals surface area contributed by atoms with Crippen molar-refractivity contribution in [3.8, 4) is 6.07 Å². The topological polar surface area (TPSA) is 62.1 Å². The summed E-state index contributed by atoms with van der Waals surface area (Å²) in [4.78, 5) is 11.8. The quantitative estimate of drug-likeness (QED) is 0.779. The van der Waals surface area contributed by atoms with Crippen LogP contribution in [0.3, 0.4) is 0 Å². The number of amides is 1. The summed E-state index contributed by atoms with van der Waals surface area (Å²) < 4.78 is 5.61. The first kappa shape index (κ1) is 16.3. The Kier molecular flexibility index (Phi) is 6.67. The molecule has 0 saturated carbocycles. The van der Waals surface area contributed by atoms with Gasteiger partial charge in [-0.1, -0.05) is 13.8 Å². The van der Waals surface area contributed by atoms with Crippen molar-refractivity contribution in [2.45, 2.75) is 51.7 Å². The van der Waals surface area contributed by atoms with E-state index in [0.717, 1.165) is 18.6 Å². The Bertz CT molecular complexity index is 333. The molecule has 1 N–H and O–H groups in total. The van der Waals surface area contributed by atoms with Crippen LogP contribution in [-0.2, 0) is 9.53 Å². The molecule has 0 aromatic rings. The molecule has 0 spiro atoms. The SMILES string of the molecule is CC(C)CC(C)OCCC(=O)NC1(C#N)CCSC1. The van der Waals surface area contributed by atoms with Crippen molar-refractivity contribution in [2.24, 2.45) is 5.92 Å². The standard InChI is InChI=1S/C14H24N2O2S/c1-11(2)8-12(3)18-6-4-13(17)16-14(9-15)5-7-19-10-14/h11-12H,4-8,10H2,1-3H3,(H,16,17). The van der Waals surface area contributed by atoms with Crippen molar-refractivity contribution in [3.05, 3.63) is 0 Å². The van der Waals surface area contributed by atoms with Gasteiger partial charge in [0.15, 0.2) is 0 Å². The van der Waals surface area contributed by atoms with Gasteiger partial charge in [-0.15, -0.1) is 0 Å². The number of thioether (sulfide) groups is 1. The minimum atomic E-state index is -0.648. The normalized spacial score (nSPS) is 24.2. The molecular formula is C14H24N2O2S. The Morgan fingerprint density at radius 2 is 2.26 bits per heavy atom. The Morgan fingerprint density at radius 1 is 1.53 bits per heavy atom. The van der Waals surface area contributed by atoms with Crippen LogP contribution >= 0.6 is 11.8 Å². The summed E-state index contributed by atoms with van der Waals surface area (Å²) in [7, 11) is 0. The molecule has 19 heavy (non-hydrogen) atoms. The summed E-state index contributed by atoms with van der Waals surface area (Å²) in [6, 6.07) is 2.24. The molecule has 108 valence electrons. The lowest BCUT2D eigenvalue weighted by molar-refractivity contribution is -0.123. The summed E-state index contributed by atoms with van der Waals surface area (Å²) >= 11 is 1.71. The lowest BCUT2D eigenvalue weighted by Gasteiger charge is -2.21. The lowest BCUT2D eigenvalue weighted by Crippen LogP contribution is -2.47. The van der Waals surface area contributed by atoms with E-state index in [1.54, 1.807) is 11.8 Å². The van der Waals surface area contributed by atoms with Gasteiger partial charge in [0.25, 0.3) is 0 Å². The first-order valence-electron chi connectivity index (χ1n) is 6.89. The van der Waals surface area contributed by atoms with Gasteiger partial charge >= 0.3 is 0 Å². The molecule has 1 heterocycles. The van der Waals surface area contributed by atoms with Crippen molar-refractivity contribution in [1.29, 1.82) is 5.26 Å². The Balaban J connectivity index is 2.23. The zero-order chi connectivity index (χ0) is 14.3. The van der Waals surface area contributed by atoms with Gasteiger partial charge in [-0.25, -0.2) is 0 Å². The number of carbonyl (C=O) groups excluding carboxylic acids is 1. The van der Waals surface area contributed by atoms with Crippen LogP contribution in [0.15, 0.2) is 0 Å². The number of hydrogen-bond donors (Lipinski definition) is 1.